The second-order valence-electron chi connectivity index (χ2n) is 6.96. The van der Waals surface area contributed by atoms with Crippen LogP contribution >= 0.6 is 11.3 Å². The van der Waals surface area contributed by atoms with Crippen LogP contribution in [0.2, 0.25) is 0 Å². The minimum absolute atomic E-state index is 0.247. The number of carbonyl (C=O) groups excluding carboxylic acids is 1. The van der Waals surface area contributed by atoms with Gasteiger partial charge in [-0.3, -0.25) is 14.6 Å². The van der Waals surface area contributed by atoms with Crippen LogP contribution in [0.25, 0.3) is 0 Å². The van der Waals surface area contributed by atoms with Crippen molar-refractivity contribution in [3.05, 3.63) is 15.6 Å². The van der Waals surface area contributed by atoms with E-state index in [1.54, 1.807) is 0 Å². The quantitative estimate of drug-likeness (QED) is 0.820. The topological polar surface area (TPSA) is 63.5 Å². The summed E-state index contributed by atoms with van der Waals surface area (Å²) in [4.78, 5) is 24.9. The minimum Gasteiger partial charge on any atom is -0.339 e. The Morgan fingerprint density at radius 2 is 2.04 bits per heavy atom. The number of amides is 1. The number of carbonyl (C=O) groups is 1. The van der Waals surface area contributed by atoms with Crippen molar-refractivity contribution in [2.45, 2.75) is 38.3 Å². The van der Waals surface area contributed by atoms with Crippen LogP contribution in [0.15, 0.2) is 0 Å². The molecule has 24 heavy (non-hydrogen) atoms. The number of hydrogen-bond donors (Lipinski definition) is 0. The fourth-order valence-electron chi connectivity index (χ4n) is 3.81. The third-order valence-electron chi connectivity index (χ3n) is 5.52. The number of nitriles is 1. The molecular formula is C17H23N5OS. The van der Waals surface area contributed by atoms with Gasteiger partial charge >= 0.3 is 0 Å². The Bertz CT molecular complexity index is 654. The standard InChI is InChI=1S/C17H23N5OS/c18-10-16-19-14-4-5-20(11-15(14)24-16)12-17(23)22-8-6-21(7-9-22)13-2-1-3-13/h13H,1-9,11-12H2. The van der Waals surface area contributed by atoms with Crippen LogP contribution in [0.1, 0.15) is 34.8 Å². The minimum atomic E-state index is 0.247. The zero-order valence-corrected chi connectivity index (χ0v) is 14.7. The Morgan fingerprint density at radius 3 is 2.71 bits per heavy atom. The molecule has 2 fully saturated rings. The average Bonchev–Trinajstić information content (AvgIpc) is 2.96. The Balaban J connectivity index is 1.28. The molecule has 0 aromatic carbocycles. The fourth-order valence-corrected chi connectivity index (χ4v) is 4.76. The second-order valence-corrected chi connectivity index (χ2v) is 8.05. The van der Waals surface area contributed by atoms with Gasteiger partial charge in [-0.25, -0.2) is 4.98 Å². The van der Waals surface area contributed by atoms with Crippen molar-refractivity contribution < 1.29 is 4.79 Å². The number of aromatic nitrogens is 1. The molecule has 1 aromatic rings. The molecule has 4 rings (SSSR count). The lowest BCUT2D eigenvalue weighted by atomic mass is 9.91. The molecule has 0 spiro atoms. The first kappa shape index (κ1) is 16.0. The molecule has 0 N–H and O–H groups in total. The summed E-state index contributed by atoms with van der Waals surface area (Å²) in [7, 11) is 0. The maximum absolute atomic E-state index is 12.6. The smallest absolute Gasteiger partial charge is 0.236 e. The Kier molecular flexibility index (Phi) is 4.53. The molecule has 1 saturated heterocycles. The molecule has 1 aromatic heterocycles. The van der Waals surface area contributed by atoms with Crippen molar-refractivity contribution in [2.24, 2.45) is 0 Å². The van der Waals surface area contributed by atoms with Crippen molar-refractivity contribution in [3.8, 4) is 6.07 Å². The first-order chi connectivity index (χ1) is 11.7. The zero-order valence-electron chi connectivity index (χ0n) is 13.9. The van der Waals surface area contributed by atoms with Crippen LogP contribution in [0, 0.1) is 11.3 Å². The van der Waals surface area contributed by atoms with Gasteiger partial charge < -0.3 is 4.90 Å². The number of hydrogen-bond acceptors (Lipinski definition) is 6. The van der Waals surface area contributed by atoms with Gasteiger partial charge in [0.25, 0.3) is 0 Å². The molecule has 1 saturated carbocycles. The van der Waals surface area contributed by atoms with Crippen LogP contribution in [0.5, 0.6) is 0 Å². The van der Waals surface area contributed by atoms with E-state index in [1.807, 2.05) is 4.90 Å². The van der Waals surface area contributed by atoms with Gasteiger partial charge in [-0.2, -0.15) is 5.26 Å². The van der Waals surface area contributed by atoms with E-state index in [-0.39, 0.29) is 5.91 Å². The highest BCUT2D eigenvalue weighted by molar-refractivity contribution is 7.12. The van der Waals surface area contributed by atoms with E-state index in [0.29, 0.717) is 11.6 Å². The first-order valence-electron chi connectivity index (χ1n) is 8.86. The molecule has 128 valence electrons. The summed E-state index contributed by atoms with van der Waals surface area (Å²) in [6, 6.07) is 2.90. The van der Waals surface area contributed by atoms with Crippen LogP contribution in [0.3, 0.4) is 0 Å². The maximum atomic E-state index is 12.6. The highest BCUT2D eigenvalue weighted by atomic mass is 32.1. The van der Waals surface area contributed by atoms with Gasteiger partial charge in [-0.05, 0) is 12.8 Å². The third kappa shape index (κ3) is 3.18. The summed E-state index contributed by atoms with van der Waals surface area (Å²) in [5, 5.41) is 9.51. The second kappa shape index (κ2) is 6.79. The van der Waals surface area contributed by atoms with E-state index in [0.717, 1.165) is 62.3 Å². The van der Waals surface area contributed by atoms with Gasteiger partial charge in [0.15, 0.2) is 5.01 Å². The van der Waals surface area contributed by atoms with Gasteiger partial charge in [-0.15, -0.1) is 11.3 Å². The number of nitrogens with zero attached hydrogens (tertiary/aromatic N) is 5. The summed E-state index contributed by atoms with van der Waals surface area (Å²) in [5.41, 5.74) is 1.05. The summed E-state index contributed by atoms with van der Waals surface area (Å²) in [6.07, 6.45) is 4.88. The van der Waals surface area contributed by atoms with Gasteiger partial charge in [-0.1, -0.05) is 6.42 Å². The largest absolute Gasteiger partial charge is 0.339 e. The zero-order chi connectivity index (χ0) is 16.5. The lowest BCUT2D eigenvalue weighted by molar-refractivity contribution is -0.135. The Labute approximate surface area is 146 Å². The molecule has 6 nitrogen and oxygen atoms in total. The monoisotopic (exact) mass is 345 g/mol. The number of rotatable bonds is 3. The lowest BCUT2D eigenvalue weighted by Crippen LogP contribution is -2.55. The molecule has 7 heteroatoms. The average molecular weight is 345 g/mol. The van der Waals surface area contributed by atoms with Gasteiger partial charge in [0, 0.05) is 56.6 Å². The molecule has 0 bridgehead atoms. The van der Waals surface area contributed by atoms with E-state index in [1.165, 1.54) is 30.6 Å². The van der Waals surface area contributed by atoms with Gasteiger partial charge in [0.2, 0.25) is 5.91 Å². The lowest BCUT2D eigenvalue weighted by Gasteiger charge is -2.43. The van der Waals surface area contributed by atoms with Crippen LogP contribution in [-0.4, -0.2) is 70.9 Å². The molecule has 0 radical (unpaired) electrons. The summed E-state index contributed by atoms with van der Waals surface area (Å²) >= 11 is 1.47. The maximum Gasteiger partial charge on any atom is 0.236 e. The first-order valence-corrected chi connectivity index (χ1v) is 9.67. The molecule has 1 aliphatic carbocycles. The van der Waals surface area contributed by atoms with E-state index in [4.69, 9.17) is 5.26 Å². The van der Waals surface area contributed by atoms with Crippen LogP contribution in [-0.2, 0) is 17.8 Å². The number of piperazine rings is 1. The van der Waals surface area contributed by atoms with Crippen LogP contribution < -0.4 is 0 Å². The van der Waals surface area contributed by atoms with Gasteiger partial charge in [0.1, 0.15) is 6.07 Å². The Morgan fingerprint density at radius 1 is 1.25 bits per heavy atom. The predicted molar refractivity (Wildman–Crippen MR) is 91.6 cm³/mol. The molecule has 2 aliphatic heterocycles. The number of fused-ring (bicyclic) bond motifs is 1. The van der Waals surface area contributed by atoms with E-state index in [9.17, 15) is 4.79 Å². The third-order valence-corrected chi connectivity index (χ3v) is 6.51. The molecule has 0 unspecified atom stereocenters. The Hall–Kier alpha value is -1.49. The molecule has 3 heterocycles. The molecule has 1 amide bonds. The van der Waals surface area contributed by atoms with E-state index < -0.39 is 0 Å². The fraction of sp³-hybridized carbons (Fsp3) is 0.706. The normalized spacial score (nSPS) is 22.7. The van der Waals surface area contributed by atoms with Gasteiger partial charge in [0.05, 0.1) is 12.2 Å². The molecular weight excluding hydrogens is 322 g/mol. The number of thiazole rings is 1. The van der Waals surface area contributed by atoms with Crippen molar-refractivity contribution >= 4 is 17.2 Å². The molecule has 0 atom stereocenters. The highest BCUT2D eigenvalue weighted by Gasteiger charge is 2.30. The molecule has 3 aliphatic rings. The summed E-state index contributed by atoms with van der Waals surface area (Å²) < 4.78 is 0. The van der Waals surface area contributed by atoms with Crippen molar-refractivity contribution in [1.29, 1.82) is 5.26 Å². The predicted octanol–water partition coefficient (Wildman–Crippen LogP) is 1.07. The highest BCUT2D eigenvalue weighted by Crippen LogP contribution is 2.26. The van der Waals surface area contributed by atoms with Crippen molar-refractivity contribution in [2.75, 3.05) is 39.3 Å². The SMILES string of the molecule is N#Cc1nc2c(s1)CN(CC(=O)N1CCN(C3CCC3)CC1)CC2. The van der Waals surface area contributed by atoms with Crippen LogP contribution in [0.4, 0.5) is 0 Å². The van der Waals surface area contributed by atoms with Crippen molar-refractivity contribution in [3.63, 3.8) is 0 Å². The van der Waals surface area contributed by atoms with E-state index >= 15 is 0 Å². The van der Waals surface area contributed by atoms with Crippen molar-refractivity contribution in [1.82, 2.24) is 19.7 Å². The summed E-state index contributed by atoms with van der Waals surface area (Å²) in [5.74, 6) is 0.247. The van der Waals surface area contributed by atoms with E-state index in [2.05, 4.69) is 20.9 Å². The summed E-state index contributed by atoms with van der Waals surface area (Å²) in [6.45, 7) is 5.89.